The van der Waals surface area contributed by atoms with Gasteiger partial charge < -0.3 is 0 Å². The van der Waals surface area contributed by atoms with Crippen LogP contribution in [0.1, 0.15) is 25.0 Å². The maximum atomic E-state index is 4.62. The zero-order valence-corrected chi connectivity index (χ0v) is 18.0. The van der Waals surface area contributed by atoms with Crippen LogP contribution in [0.15, 0.2) is 91.3 Å². The van der Waals surface area contributed by atoms with Crippen molar-refractivity contribution in [2.45, 2.75) is 19.3 Å². The first-order valence-corrected chi connectivity index (χ1v) is 11.0. The third kappa shape index (κ3) is 2.20. The van der Waals surface area contributed by atoms with Crippen molar-refractivity contribution >= 4 is 32.6 Å². The molecule has 0 radical (unpaired) electrons. The van der Waals surface area contributed by atoms with Crippen LogP contribution in [-0.4, -0.2) is 14.5 Å². The molecule has 6 aromatic rings. The van der Waals surface area contributed by atoms with Crippen molar-refractivity contribution in [2.24, 2.45) is 0 Å². The Kier molecular flexibility index (Phi) is 3.34. The van der Waals surface area contributed by atoms with Gasteiger partial charge in [0.25, 0.3) is 0 Å². The number of fused-ring (bicyclic) bond motifs is 7. The first-order valence-electron chi connectivity index (χ1n) is 11.0. The lowest BCUT2D eigenvalue weighted by molar-refractivity contribution is 0.661. The summed E-state index contributed by atoms with van der Waals surface area (Å²) < 4.78 is 2.21. The van der Waals surface area contributed by atoms with Crippen LogP contribution in [0.25, 0.3) is 49.7 Å². The highest BCUT2D eigenvalue weighted by atomic mass is 15.1. The summed E-state index contributed by atoms with van der Waals surface area (Å²) in [5.41, 5.74) is 7.65. The van der Waals surface area contributed by atoms with Gasteiger partial charge in [-0.3, -0.25) is 4.57 Å². The summed E-state index contributed by atoms with van der Waals surface area (Å²) in [6.45, 7) is 4.66. The number of hydrogen-bond acceptors (Lipinski definition) is 2. The summed E-state index contributed by atoms with van der Waals surface area (Å²) in [6.07, 6.45) is 3.62. The number of benzene rings is 4. The molecule has 0 saturated carbocycles. The molecule has 3 nitrogen and oxygen atoms in total. The molecule has 1 aliphatic rings. The van der Waals surface area contributed by atoms with E-state index in [1.807, 2.05) is 18.5 Å². The molecule has 0 fully saturated rings. The maximum absolute atomic E-state index is 4.62. The molecule has 0 bridgehead atoms. The van der Waals surface area contributed by atoms with Gasteiger partial charge in [0.2, 0.25) is 5.95 Å². The van der Waals surface area contributed by atoms with E-state index in [2.05, 4.69) is 101 Å². The first kappa shape index (κ1) is 17.7. The molecule has 0 spiro atoms. The Morgan fingerprint density at radius 1 is 0.625 bits per heavy atom. The monoisotopic (exact) mass is 411 g/mol. The van der Waals surface area contributed by atoms with Gasteiger partial charge >= 0.3 is 0 Å². The van der Waals surface area contributed by atoms with Gasteiger partial charge in [0.1, 0.15) is 0 Å². The van der Waals surface area contributed by atoms with Crippen molar-refractivity contribution in [3.05, 3.63) is 102 Å². The zero-order chi connectivity index (χ0) is 21.4. The Morgan fingerprint density at radius 3 is 2.09 bits per heavy atom. The van der Waals surface area contributed by atoms with Gasteiger partial charge in [0, 0.05) is 28.6 Å². The molecule has 0 aliphatic heterocycles. The van der Waals surface area contributed by atoms with E-state index in [-0.39, 0.29) is 5.41 Å². The van der Waals surface area contributed by atoms with Gasteiger partial charge in [-0.1, -0.05) is 62.4 Å². The van der Waals surface area contributed by atoms with E-state index in [9.17, 15) is 0 Å². The number of nitrogens with zero attached hydrogens (tertiary/aromatic N) is 3. The van der Waals surface area contributed by atoms with Crippen LogP contribution in [-0.2, 0) is 5.41 Å². The van der Waals surface area contributed by atoms with E-state index in [0.717, 1.165) is 11.0 Å². The minimum absolute atomic E-state index is 0.0331. The van der Waals surface area contributed by atoms with E-state index in [1.54, 1.807) is 0 Å². The standard InChI is InChI=1S/C29H21N3/c1-29(2)24-11-6-5-10-20(24)21-17-27-23(16-25(21)29)22-14-18-8-3-4-9-19(18)15-26(22)32(27)28-30-12-7-13-31-28/h3-17H,1-2H3. The van der Waals surface area contributed by atoms with Crippen LogP contribution in [0.5, 0.6) is 0 Å². The molecule has 7 rings (SSSR count). The van der Waals surface area contributed by atoms with E-state index < -0.39 is 0 Å². The highest BCUT2D eigenvalue weighted by Gasteiger charge is 2.36. The Labute approximate surface area is 186 Å². The molecule has 3 heteroatoms. The number of aromatic nitrogens is 3. The molecule has 32 heavy (non-hydrogen) atoms. The predicted octanol–water partition coefficient (Wildman–Crippen LogP) is 7.03. The molecular formula is C29H21N3. The zero-order valence-electron chi connectivity index (χ0n) is 18.0. The van der Waals surface area contributed by atoms with Gasteiger partial charge in [-0.2, -0.15) is 0 Å². The molecule has 2 heterocycles. The molecule has 1 aliphatic carbocycles. The molecule has 0 saturated heterocycles. The van der Waals surface area contributed by atoms with Crippen LogP contribution < -0.4 is 0 Å². The van der Waals surface area contributed by atoms with Crippen LogP contribution in [0.2, 0.25) is 0 Å². The van der Waals surface area contributed by atoms with Gasteiger partial charge in [0.05, 0.1) is 11.0 Å². The maximum Gasteiger partial charge on any atom is 0.234 e. The van der Waals surface area contributed by atoms with E-state index in [0.29, 0.717) is 5.95 Å². The van der Waals surface area contributed by atoms with Crippen LogP contribution in [0, 0.1) is 0 Å². The summed E-state index contributed by atoms with van der Waals surface area (Å²) in [5, 5.41) is 4.95. The molecule has 152 valence electrons. The highest BCUT2D eigenvalue weighted by Crippen LogP contribution is 2.50. The quantitative estimate of drug-likeness (QED) is 0.291. The minimum atomic E-state index is -0.0331. The number of hydrogen-bond donors (Lipinski definition) is 0. The summed E-state index contributed by atoms with van der Waals surface area (Å²) >= 11 is 0. The molecular weight excluding hydrogens is 390 g/mol. The highest BCUT2D eigenvalue weighted by molar-refractivity contribution is 6.14. The molecule has 0 atom stereocenters. The Balaban J connectivity index is 1.69. The third-order valence-electron chi connectivity index (χ3n) is 7.09. The van der Waals surface area contributed by atoms with E-state index in [4.69, 9.17) is 0 Å². The van der Waals surface area contributed by atoms with Crippen molar-refractivity contribution in [1.82, 2.24) is 14.5 Å². The fraction of sp³-hybridized carbons (Fsp3) is 0.103. The lowest BCUT2D eigenvalue weighted by atomic mass is 9.82. The SMILES string of the molecule is CC1(C)c2ccccc2-c2cc3c(cc21)c1cc2ccccc2cc1n3-c1ncccn1. The average Bonchev–Trinajstić information content (AvgIpc) is 3.25. The summed E-state index contributed by atoms with van der Waals surface area (Å²) in [4.78, 5) is 9.24. The Hall–Kier alpha value is -3.98. The Bertz CT molecular complexity index is 1690. The molecule has 4 aromatic carbocycles. The molecule has 2 aromatic heterocycles. The van der Waals surface area contributed by atoms with Gasteiger partial charge in [-0.25, -0.2) is 9.97 Å². The van der Waals surface area contributed by atoms with Crippen molar-refractivity contribution < 1.29 is 0 Å². The molecule has 0 amide bonds. The molecule has 0 unspecified atom stereocenters. The van der Waals surface area contributed by atoms with Crippen LogP contribution >= 0.6 is 0 Å². The average molecular weight is 412 g/mol. The second kappa shape index (κ2) is 6.04. The minimum Gasteiger partial charge on any atom is -0.278 e. The number of rotatable bonds is 1. The normalized spacial score (nSPS) is 14.2. The fourth-order valence-corrected chi connectivity index (χ4v) is 5.52. The Morgan fingerprint density at radius 2 is 1.28 bits per heavy atom. The van der Waals surface area contributed by atoms with Crippen molar-refractivity contribution in [3.63, 3.8) is 0 Å². The summed E-state index contributed by atoms with van der Waals surface area (Å²) in [7, 11) is 0. The molecule has 0 N–H and O–H groups in total. The van der Waals surface area contributed by atoms with Gasteiger partial charge in [0.15, 0.2) is 0 Å². The summed E-state index contributed by atoms with van der Waals surface area (Å²) in [6, 6.07) is 28.5. The predicted molar refractivity (Wildman–Crippen MR) is 131 cm³/mol. The topological polar surface area (TPSA) is 30.7 Å². The third-order valence-corrected chi connectivity index (χ3v) is 7.09. The second-order valence-corrected chi connectivity index (χ2v) is 9.19. The van der Waals surface area contributed by atoms with Crippen LogP contribution in [0.3, 0.4) is 0 Å². The lowest BCUT2D eigenvalue weighted by Crippen LogP contribution is -2.14. The second-order valence-electron chi connectivity index (χ2n) is 9.19. The smallest absolute Gasteiger partial charge is 0.234 e. The van der Waals surface area contributed by atoms with Crippen molar-refractivity contribution in [1.29, 1.82) is 0 Å². The van der Waals surface area contributed by atoms with E-state index in [1.165, 1.54) is 43.8 Å². The van der Waals surface area contributed by atoms with Crippen molar-refractivity contribution in [3.8, 4) is 17.1 Å². The largest absolute Gasteiger partial charge is 0.278 e. The summed E-state index contributed by atoms with van der Waals surface area (Å²) in [5.74, 6) is 0.702. The van der Waals surface area contributed by atoms with Gasteiger partial charge in [-0.15, -0.1) is 0 Å². The van der Waals surface area contributed by atoms with E-state index >= 15 is 0 Å². The van der Waals surface area contributed by atoms with Crippen LogP contribution in [0.4, 0.5) is 0 Å². The van der Waals surface area contributed by atoms with Crippen molar-refractivity contribution in [2.75, 3.05) is 0 Å². The van der Waals surface area contributed by atoms with Gasteiger partial charge in [-0.05, 0) is 63.4 Å². The fourth-order valence-electron chi connectivity index (χ4n) is 5.52. The lowest BCUT2D eigenvalue weighted by Gasteiger charge is -2.21. The first-order chi connectivity index (χ1) is 15.6.